The van der Waals surface area contributed by atoms with Gasteiger partial charge in [0, 0.05) is 17.0 Å². The first kappa shape index (κ1) is 19.5. The van der Waals surface area contributed by atoms with Crippen LogP contribution in [0.5, 0.6) is 0 Å². The second-order valence-corrected chi connectivity index (χ2v) is 7.31. The summed E-state index contributed by atoms with van der Waals surface area (Å²) in [6.45, 7) is -0.559. The number of nitro benzene ring substituents is 1. The molecule has 3 rings (SSSR count). The van der Waals surface area contributed by atoms with E-state index in [1.54, 1.807) is 0 Å². The van der Waals surface area contributed by atoms with Gasteiger partial charge >= 0.3 is 5.97 Å². The number of anilines is 1. The third-order valence-electron chi connectivity index (χ3n) is 4.32. The Kier molecular flexibility index (Phi) is 5.69. The Morgan fingerprint density at radius 2 is 1.86 bits per heavy atom. The zero-order valence-electron chi connectivity index (χ0n) is 14.7. The lowest BCUT2D eigenvalue weighted by molar-refractivity contribution is -0.384. The molecule has 0 saturated heterocycles. The van der Waals surface area contributed by atoms with E-state index >= 15 is 0 Å². The minimum absolute atomic E-state index is 0.0859. The van der Waals surface area contributed by atoms with Crippen LogP contribution >= 0.6 is 11.3 Å². The van der Waals surface area contributed by atoms with Crippen LogP contribution in [-0.2, 0) is 22.4 Å². The average Bonchev–Trinajstić information content (AvgIpc) is 3.04. The van der Waals surface area contributed by atoms with Gasteiger partial charge in [-0.15, -0.1) is 11.3 Å². The largest absolute Gasteiger partial charge is 0.452 e. The van der Waals surface area contributed by atoms with Crippen molar-refractivity contribution in [3.8, 4) is 0 Å². The standard InChI is InChI=1S/C18H17N3O6S/c19-16(23)15-12-3-1-2-4-13(12)28-17(15)20-14(22)9-27-18(24)10-5-7-11(8-6-10)21(25)26/h5-8H,1-4,9H2,(H2,19,23)(H,20,22). The van der Waals surface area contributed by atoms with Crippen LogP contribution in [0.4, 0.5) is 10.7 Å². The minimum Gasteiger partial charge on any atom is -0.452 e. The fourth-order valence-corrected chi connectivity index (χ4v) is 4.32. The molecule has 1 aliphatic carbocycles. The third kappa shape index (κ3) is 4.17. The van der Waals surface area contributed by atoms with Gasteiger partial charge in [0.2, 0.25) is 0 Å². The molecule has 1 aromatic heterocycles. The van der Waals surface area contributed by atoms with Crippen LogP contribution < -0.4 is 11.1 Å². The lowest BCUT2D eigenvalue weighted by Gasteiger charge is -2.11. The van der Waals surface area contributed by atoms with E-state index in [-0.39, 0.29) is 11.3 Å². The predicted octanol–water partition coefficient (Wildman–Crippen LogP) is 2.43. The van der Waals surface area contributed by atoms with Crippen molar-refractivity contribution >= 4 is 39.8 Å². The molecule has 0 saturated carbocycles. The molecule has 146 valence electrons. The first-order valence-electron chi connectivity index (χ1n) is 8.52. The van der Waals surface area contributed by atoms with Crippen molar-refractivity contribution in [3.05, 3.63) is 55.9 Å². The number of non-ortho nitro benzene ring substituents is 1. The van der Waals surface area contributed by atoms with Crippen molar-refractivity contribution in [1.82, 2.24) is 0 Å². The van der Waals surface area contributed by atoms with Crippen molar-refractivity contribution in [2.24, 2.45) is 5.73 Å². The monoisotopic (exact) mass is 403 g/mol. The number of thiophene rings is 1. The molecule has 1 aromatic carbocycles. The Labute approximate surface area is 163 Å². The van der Waals surface area contributed by atoms with Gasteiger partial charge in [-0.25, -0.2) is 4.79 Å². The molecule has 0 fully saturated rings. The van der Waals surface area contributed by atoms with Gasteiger partial charge < -0.3 is 15.8 Å². The van der Waals surface area contributed by atoms with Crippen molar-refractivity contribution in [3.63, 3.8) is 0 Å². The number of carbonyl (C=O) groups excluding carboxylic acids is 3. The quantitative estimate of drug-likeness (QED) is 0.431. The number of nitrogens with zero attached hydrogens (tertiary/aromatic N) is 1. The van der Waals surface area contributed by atoms with Crippen LogP contribution in [0.1, 0.15) is 44.0 Å². The van der Waals surface area contributed by atoms with Crippen LogP contribution in [0.25, 0.3) is 0 Å². The summed E-state index contributed by atoms with van der Waals surface area (Å²) in [5.74, 6) is -1.99. The topological polar surface area (TPSA) is 142 Å². The molecule has 0 aliphatic heterocycles. The number of hydrogen-bond donors (Lipinski definition) is 2. The number of nitrogens with two attached hydrogens (primary N) is 1. The molecular formula is C18H17N3O6S. The molecule has 1 heterocycles. The molecule has 0 atom stereocenters. The van der Waals surface area contributed by atoms with E-state index in [2.05, 4.69) is 5.32 Å². The predicted molar refractivity (Wildman–Crippen MR) is 101 cm³/mol. The Balaban J connectivity index is 1.63. The molecule has 0 unspecified atom stereocenters. The van der Waals surface area contributed by atoms with Gasteiger partial charge in [0.25, 0.3) is 17.5 Å². The number of aryl methyl sites for hydroxylation is 1. The first-order chi connectivity index (χ1) is 13.4. The molecule has 0 bridgehead atoms. The highest BCUT2D eigenvalue weighted by Gasteiger charge is 2.25. The summed E-state index contributed by atoms with van der Waals surface area (Å²) in [4.78, 5) is 47.0. The van der Waals surface area contributed by atoms with Gasteiger partial charge in [-0.1, -0.05) is 0 Å². The number of nitrogens with one attached hydrogen (secondary N) is 1. The van der Waals surface area contributed by atoms with Crippen LogP contribution in [0.2, 0.25) is 0 Å². The van der Waals surface area contributed by atoms with Crippen molar-refractivity contribution in [2.75, 3.05) is 11.9 Å². The number of esters is 1. The molecule has 2 amide bonds. The normalized spacial score (nSPS) is 12.7. The van der Waals surface area contributed by atoms with Gasteiger partial charge in [-0.05, 0) is 43.4 Å². The van der Waals surface area contributed by atoms with Gasteiger partial charge in [-0.2, -0.15) is 0 Å². The number of hydrogen-bond acceptors (Lipinski definition) is 7. The summed E-state index contributed by atoms with van der Waals surface area (Å²) >= 11 is 1.32. The maximum Gasteiger partial charge on any atom is 0.338 e. The third-order valence-corrected chi connectivity index (χ3v) is 5.53. The van der Waals surface area contributed by atoms with E-state index in [4.69, 9.17) is 10.5 Å². The number of primary amides is 1. The van der Waals surface area contributed by atoms with E-state index in [1.807, 2.05) is 0 Å². The van der Waals surface area contributed by atoms with Crippen molar-refractivity contribution in [2.45, 2.75) is 25.7 Å². The lowest BCUT2D eigenvalue weighted by atomic mass is 9.95. The van der Waals surface area contributed by atoms with E-state index in [0.29, 0.717) is 10.6 Å². The maximum atomic E-state index is 12.2. The fraction of sp³-hybridized carbons (Fsp3) is 0.278. The number of carbonyl (C=O) groups is 3. The molecule has 10 heteroatoms. The number of ether oxygens (including phenoxy) is 1. The zero-order valence-corrected chi connectivity index (χ0v) is 15.5. The highest BCUT2D eigenvalue weighted by Crippen LogP contribution is 2.37. The Morgan fingerprint density at radius 1 is 1.18 bits per heavy atom. The summed E-state index contributed by atoms with van der Waals surface area (Å²) in [5, 5.41) is 13.6. The Morgan fingerprint density at radius 3 is 2.50 bits per heavy atom. The van der Waals surface area contributed by atoms with E-state index < -0.39 is 29.3 Å². The summed E-state index contributed by atoms with van der Waals surface area (Å²) in [6, 6.07) is 4.84. The van der Waals surface area contributed by atoms with Crippen LogP contribution in [0, 0.1) is 10.1 Å². The highest BCUT2D eigenvalue weighted by molar-refractivity contribution is 7.17. The van der Waals surface area contributed by atoms with E-state index in [9.17, 15) is 24.5 Å². The molecular weight excluding hydrogens is 386 g/mol. The average molecular weight is 403 g/mol. The Bertz CT molecular complexity index is 951. The molecule has 2 aromatic rings. The lowest BCUT2D eigenvalue weighted by Crippen LogP contribution is -2.23. The molecule has 28 heavy (non-hydrogen) atoms. The second-order valence-electron chi connectivity index (χ2n) is 6.21. The van der Waals surface area contributed by atoms with Gasteiger partial charge in [0.15, 0.2) is 6.61 Å². The number of nitro groups is 1. The fourth-order valence-electron chi connectivity index (χ4n) is 3.01. The van der Waals surface area contributed by atoms with Crippen molar-refractivity contribution < 1.29 is 24.0 Å². The highest BCUT2D eigenvalue weighted by atomic mass is 32.1. The Hall–Kier alpha value is -3.27. The number of benzene rings is 1. The van der Waals surface area contributed by atoms with Crippen LogP contribution in [0.15, 0.2) is 24.3 Å². The second kappa shape index (κ2) is 8.17. The zero-order chi connectivity index (χ0) is 20.3. The van der Waals surface area contributed by atoms with Gasteiger partial charge in [-0.3, -0.25) is 19.7 Å². The summed E-state index contributed by atoms with van der Waals surface area (Å²) in [7, 11) is 0. The van der Waals surface area contributed by atoms with Crippen LogP contribution in [0.3, 0.4) is 0 Å². The number of amides is 2. The summed E-state index contributed by atoms with van der Waals surface area (Å²) in [6.07, 6.45) is 3.57. The molecule has 3 N–H and O–H groups in total. The van der Waals surface area contributed by atoms with Gasteiger partial charge in [0.1, 0.15) is 5.00 Å². The van der Waals surface area contributed by atoms with E-state index in [0.717, 1.165) is 36.1 Å². The SMILES string of the molecule is NC(=O)c1c(NC(=O)COC(=O)c2ccc([N+](=O)[O-])cc2)sc2c1CCCC2. The van der Waals surface area contributed by atoms with Crippen molar-refractivity contribution in [1.29, 1.82) is 0 Å². The summed E-state index contributed by atoms with van der Waals surface area (Å²) in [5.41, 5.74) is 6.62. The molecule has 9 nitrogen and oxygen atoms in total. The maximum absolute atomic E-state index is 12.2. The minimum atomic E-state index is -0.786. The smallest absolute Gasteiger partial charge is 0.338 e. The van der Waals surface area contributed by atoms with E-state index in [1.165, 1.54) is 35.6 Å². The molecule has 0 radical (unpaired) electrons. The number of rotatable bonds is 6. The first-order valence-corrected chi connectivity index (χ1v) is 9.34. The van der Waals surface area contributed by atoms with Crippen LogP contribution in [-0.4, -0.2) is 29.3 Å². The molecule has 1 aliphatic rings. The van der Waals surface area contributed by atoms with Gasteiger partial charge in [0.05, 0.1) is 16.1 Å². The molecule has 0 spiro atoms. The summed E-state index contributed by atoms with van der Waals surface area (Å²) < 4.78 is 4.93. The number of fused-ring (bicyclic) bond motifs is 1.